The molecule has 0 fully saturated rings. The lowest BCUT2D eigenvalue weighted by Gasteiger charge is -2.23. The molecule has 0 bridgehead atoms. The van der Waals surface area contributed by atoms with Crippen LogP contribution in [0.1, 0.15) is 40.0 Å². The zero-order chi connectivity index (χ0) is 18.0. The molecule has 0 saturated carbocycles. The predicted molar refractivity (Wildman–Crippen MR) is 94.3 cm³/mol. The van der Waals surface area contributed by atoms with Crippen LogP contribution in [-0.2, 0) is 14.6 Å². The third-order valence-electron chi connectivity index (χ3n) is 3.56. The van der Waals surface area contributed by atoms with Gasteiger partial charge in [0.25, 0.3) is 0 Å². The van der Waals surface area contributed by atoms with Crippen molar-refractivity contribution in [3.8, 4) is 0 Å². The summed E-state index contributed by atoms with van der Waals surface area (Å²) >= 11 is 0. The molecule has 1 aromatic rings. The fraction of sp³-hybridized carbons (Fsp3) is 0.588. The Hall–Kier alpha value is -1.60. The molecule has 24 heavy (non-hydrogen) atoms. The molecular formula is C17H28N2O4S. The second-order valence-corrected chi connectivity index (χ2v) is 7.56. The van der Waals surface area contributed by atoms with Gasteiger partial charge in [-0.2, -0.15) is 0 Å². The van der Waals surface area contributed by atoms with Crippen molar-refractivity contribution in [3.05, 3.63) is 30.3 Å². The molecule has 136 valence electrons. The maximum atomic E-state index is 12.4. The highest BCUT2D eigenvalue weighted by atomic mass is 32.2. The van der Waals surface area contributed by atoms with Crippen LogP contribution in [0.3, 0.4) is 0 Å². The van der Waals surface area contributed by atoms with Crippen LogP contribution >= 0.6 is 0 Å². The van der Waals surface area contributed by atoms with E-state index in [1.807, 2.05) is 0 Å². The Morgan fingerprint density at radius 2 is 1.88 bits per heavy atom. The fourth-order valence-corrected chi connectivity index (χ4v) is 3.55. The summed E-state index contributed by atoms with van der Waals surface area (Å²) in [5, 5.41) is 3.10. The monoisotopic (exact) mass is 356 g/mol. The van der Waals surface area contributed by atoms with Gasteiger partial charge in [-0.3, -0.25) is 10.2 Å². The summed E-state index contributed by atoms with van der Waals surface area (Å²) in [5.41, 5.74) is 0. The highest BCUT2D eigenvalue weighted by molar-refractivity contribution is 7.91. The number of hydrogen-bond donors (Lipinski definition) is 1. The summed E-state index contributed by atoms with van der Waals surface area (Å²) in [7, 11) is -3.57. The first kappa shape index (κ1) is 20.4. The van der Waals surface area contributed by atoms with Gasteiger partial charge in [-0.15, -0.1) is 0 Å². The highest BCUT2D eigenvalue weighted by Crippen LogP contribution is 2.12. The van der Waals surface area contributed by atoms with Gasteiger partial charge in [-0.05, 0) is 38.9 Å². The van der Waals surface area contributed by atoms with E-state index in [4.69, 9.17) is 4.74 Å². The Labute approximate surface area is 145 Å². The van der Waals surface area contributed by atoms with Crippen molar-refractivity contribution in [3.63, 3.8) is 0 Å². The highest BCUT2D eigenvalue weighted by Gasteiger charge is 2.24. The molecule has 0 heterocycles. The normalized spacial score (nSPS) is 12.6. The maximum Gasteiger partial charge on any atom is 0.412 e. The molecule has 7 heteroatoms. The second-order valence-electron chi connectivity index (χ2n) is 5.60. The molecule has 1 aromatic carbocycles. The molecule has 6 nitrogen and oxygen atoms in total. The van der Waals surface area contributed by atoms with Gasteiger partial charge in [0.15, 0.2) is 16.1 Å². The van der Waals surface area contributed by atoms with Crippen LogP contribution in [0.5, 0.6) is 0 Å². The van der Waals surface area contributed by atoms with E-state index in [1.54, 1.807) is 32.0 Å². The molecule has 0 saturated heterocycles. The first-order valence-corrected chi connectivity index (χ1v) is 10.0. The molecule has 0 aliphatic rings. The van der Waals surface area contributed by atoms with Crippen LogP contribution in [0.15, 0.2) is 35.2 Å². The summed E-state index contributed by atoms with van der Waals surface area (Å²) in [5.74, 6) is -0.394. The van der Waals surface area contributed by atoms with E-state index in [-0.39, 0.29) is 11.4 Å². The van der Waals surface area contributed by atoms with E-state index >= 15 is 0 Å². The molecule has 0 aliphatic carbocycles. The van der Waals surface area contributed by atoms with E-state index < -0.39 is 28.0 Å². The Kier molecular flexibility index (Phi) is 8.78. The predicted octanol–water partition coefficient (Wildman–Crippen LogP) is 3.00. The van der Waals surface area contributed by atoms with Gasteiger partial charge in [0.2, 0.25) is 0 Å². The van der Waals surface area contributed by atoms with Crippen LogP contribution in [0.25, 0.3) is 0 Å². The number of benzene rings is 1. The first-order chi connectivity index (χ1) is 11.4. The lowest BCUT2D eigenvalue weighted by atomic mass is 10.2. The molecule has 0 radical (unpaired) electrons. The molecular weight excluding hydrogens is 328 g/mol. The molecule has 0 spiro atoms. The summed E-state index contributed by atoms with van der Waals surface area (Å²) in [6.07, 6.45) is 2.16. The van der Waals surface area contributed by atoms with Crippen molar-refractivity contribution in [2.75, 3.05) is 19.0 Å². The van der Waals surface area contributed by atoms with Crippen LogP contribution in [0.2, 0.25) is 0 Å². The third-order valence-corrected chi connectivity index (χ3v) is 5.20. The second kappa shape index (κ2) is 10.3. The standard InChI is InChI=1S/C17H28N2O4S/c1-4-6-10-13-18-15(3)23-17(20)19(5-2)14-24(21,22)16-11-8-7-9-12-16/h7-9,11-12,15,18H,4-6,10,13-14H2,1-3H3. The lowest BCUT2D eigenvalue weighted by Crippen LogP contribution is -2.41. The van der Waals surface area contributed by atoms with Crippen molar-refractivity contribution in [2.24, 2.45) is 0 Å². The fourth-order valence-electron chi connectivity index (χ4n) is 2.13. The summed E-state index contributed by atoms with van der Waals surface area (Å²) in [4.78, 5) is 13.6. The first-order valence-electron chi connectivity index (χ1n) is 8.37. The number of carbonyl (C=O) groups excluding carboxylic acids is 1. The average molecular weight is 356 g/mol. The molecule has 1 amide bonds. The van der Waals surface area contributed by atoms with Gasteiger partial charge in [0.1, 0.15) is 5.88 Å². The third kappa shape index (κ3) is 6.88. The number of nitrogens with zero attached hydrogens (tertiary/aromatic N) is 1. The summed E-state index contributed by atoms with van der Waals surface area (Å²) in [6, 6.07) is 8.10. The van der Waals surface area contributed by atoms with Gasteiger partial charge in [0, 0.05) is 6.54 Å². The topological polar surface area (TPSA) is 75.7 Å². The van der Waals surface area contributed by atoms with Crippen LogP contribution in [-0.4, -0.2) is 44.6 Å². The summed E-state index contributed by atoms with van der Waals surface area (Å²) < 4.78 is 30.0. The van der Waals surface area contributed by atoms with Crippen molar-refractivity contribution in [2.45, 2.75) is 51.2 Å². The van der Waals surface area contributed by atoms with E-state index in [1.165, 1.54) is 17.0 Å². The van der Waals surface area contributed by atoms with Crippen molar-refractivity contribution in [1.29, 1.82) is 0 Å². The SMILES string of the molecule is CCCCCNC(C)OC(=O)N(CC)CS(=O)(=O)c1ccccc1. The molecule has 0 aromatic heterocycles. The minimum Gasteiger partial charge on any atom is -0.431 e. The van der Waals surface area contributed by atoms with Crippen LogP contribution in [0.4, 0.5) is 4.79 Å². The number of carbonyl (C=O) groups is 1. The van der Waals surface area contributed by atoms with Crippen molar-refractivity contribution >= 4 is 15.9 Å². The average Bonchev–Trinajstić information content (AvgIpc) is 2.57. The quantitative estimate of drug-likeness (QED) is 0.515. The van der Waals surface area contributed by atoms with Crippen molar-refractivity contribution < 1.29 is 17.9 Å². The lowest BCUT2D eigenvalue weighted by molar-refractivity contribution is 0.0609. The Morgan fingerprint density at radius 1 is 1.21 bits per heavy atom. The van der Waals surface area contributed by atoms with Gasteiger partial charge in [0.05, 0.1) is 4.90 Å². The van der Waals surface area contributed by atoms with E-state index in [2.05, 4.69) is 12.2 Å². The van der Waals surface area contributed by atoms with E-state index in [0.29, 0.717) is 0 Å². The van der Waals surface area contributed by atoms with Gasteiger partial charge < -0.3 is 4.74 Å². The minimum absolute atomic E-state index is 0.196. The van der Waals surface area contributed by atoms with Crippen molar-refractivity contribution in [1.82, 2.24) is 10.2 Å². The molecule has 1 rings (SSSR count). The Bertz CT molecular complexity index is 590. The summed E-state index contributed by atoms with van der Waals surface area (Å²) in [6.45, 7) is 6.60. The number of hydrogen-bond acceptors (Lipinski definition) is 5. The number of rotatable bonds is 10. The molecule has 1 atom stereocenters. The van der Waals surface area contributed by atoms with Gasteiger partial charge >= 0.3 is 6.09 Å². The maximum absolute atomic E-state index is 12.4. The number of amides is 1. The minimum atomic E-state index is -3.57. The molecule has 1 N–H and O–H groups in total. The number of ether oxygens (including phenoxy) is 1. The Balaban J connectivity index is 2.57. The van der Waals surface area contributed by atoms with Crippen LogP contribution < -0.4 is 5.32 Å². The van der Waals surface area contributed by atoms with E-state index in [0.717, 1.165) is 25.8 Å². The zero-order valence-electron chi connectivity index (χ0n) is 14.7. The number of nitrogens with one attached hydrogen (secondary N) is 1. The molecule has 1 unspecified atom stereocenters. The number of unbranched alkanes of at least 4 members (excludes halogenated alkanes) is 2. The smallest absolute Gasteiger partial charge is 0.412 e. The largest absolute Gasteiger partial charge is 0.431 e. The Morgan fingerprint density at radius 3 is 2.46 bits per heavy atom. The zero-order valence-corrected chi connectivity index (χ0v) is 15.5. The van der Waals surface area contributed by atoms with Gasteiger partial charge in [-0.25, -0.2) is 13.2 Å². The molecule has 0 aliphatic heterocycles. The number of sulfone groups is 1. The van der Waals surface area contributed by atoms with Gasteiger partial charge in [-0.1, -0.05) is 38.0 Å². The van der Waals surface area contributed by atoms with E-state index in [9.17, 15) is 13.2 Å². The van der Waals surface area contributed by atoms with Crippen LogP contribution in [0, 0.1) is 0 Å².